The summed E-state index contributed by atoms with van der Waals surface area (Å²) < 4.78 is 0. The van der Waals surface area contributed by atoms with Gasteiger partial charge < -0.3 is 10.4 Å². The molecule has 1 aromatic carbocycles. The van der Waals surface area contributed by atoms with Gasteiger partial charge in [-0.05, 0) is 12.1 Å². The summed E-state index contributed by atoms with van der Waals surface area (Å²) in [5, 5.41) is 11.1. The Hall–Kier alpha value is -2.36. The topological polar surface area (TPSA) is 66.4 Å². The molecular formula is C12H9NO3. The van der Waals surface area contributed by atoms with Gasteiger partial charge in [0, 0.05) is 22.9 Å². The molecule has 4 heteroatoms. The number of amides is 1. The van der Waals surface area contributed by atoms with E-state index in [2.05, 4.69) is 5.32 Å². The first kappa shape index (κ1) is 10.2. The van der Waals surface area contributed by atoms with E-state index in [0.717, 1.165) is 11.6 Å². The third-order valence-electron chi connectivity index (χ3n) is 2.21. The Balaban J connectivity index is 2.34. The minimum absolute atomic E-state index is 0.162. The van der Waals surface area contributed by atoms with E-state index in [1.807, 2.05) is 12.1 Å². The number of rotatable bonds is 2. The van der Waals surface area contributed by atoms with Crippen LogP contribution in [0, 0.1) is 0 Å². The standard InChI is InChI=1S/C12H9NO3/c14-11(15)7-3-6-10-8-4-1-2-5-9(8)12(16)13-10/h1-7H,(H,13,16)(H,14,15). The molecule has 2 rings (SSSR count). The van der Waals surface area contributed by atoms with Crippen LogP contribution in [0.15, 0.2) is 42.5 Å². The molecule has 4 nitrogen and oxygen atoms in total. The van der Waals surface area contributed by atoms with E-state index in [4.69, 9.17) is 5.11 Å². The van der Waals surface area contributed by atoms with Gasteiger partial charge in [-0.3, -0.25) is 4.79 Å². The number of carboxylic acids is 1. The first-order chi connectivity index (χ1) is 7.68. The van der Waals surface area contributed by atoms with Gasteiger partial charge in [0.1, 0.15) is 0 Å². The smallest absolute Gasteiger partial charge is 0.328 e. The lowest BCUT2D eigenvalue weighted by atomic mass is 10.1. The van der Waals surface area contributed by atoms with Crippen molar-refractivity contribution < 1.29 is 14.7 Å². The van der Waals surface area contributed by atoms with Crippen LogP contribution in [-0.4, -0.2) is 17.0 Å². The van der Waals surface area contributed by atoms with Crippen molar-refractivity contribution in [1.29, 1.82) is 0 Å². The fraction of sp³-hybridized carbons (Fsp3) is 0. The quantitative estimate of drug-likeness (QED) is 0.733. The van der Waals surface area contributed by atoms with Crippen LogP contribution in [0.25, 0.3) is 5.70 Å². The minimum atomic E-state index is -1.02. The monoisotopic (exact) mass is 215 g/mol. The van der Waals surface area contributed by atoms with Gasteiger partial charge in [0.2, 0.25) is 0 Å². The molecule has 0 fully saturated rings. The van der Waals surface area contributed by atoms with Gasteiger partial charge in [0.25, 0.3) is 5.91 Å². The van der Waals surface area contributed by atoms with Gasteiger partial charge in [-0.15, -0.1) is 0 Å². The lowest BCUT2D eigenvalue weighted by molar-refractivity contribution is -0.131. The molecule has 16 heavy (non-hydrogen) atoms. The largest absolute Gasteiger partial charge is 0.478 e. The van der Waals surface area contributed by atoms with E-state index in [1.165, 1.54) is 6.08 Å². The summed E-state index contributed by atoms with van der Waals surface area (Å²) in [4.78, 5) is 21.8. The van der Waals surface area contributed by atoms with Crippen LogP contribution >= 0.6 is 0 Å². The normalized spacial score (nSPS) is 16.5. The summed E-state index contributed by atoms with van der Waals surface area (Å²) >= 11 is 0. The second-order valence-corrected chi connectivity index (χ2v) is 3.28. The fourth-order valence-electron chi connectivity index (χ4n) is 1.53. The molecule has 1 amide bonds. The highest BCUT2D eigenvalue weighted by Crippen LogP contribution is 2.23. The number of hydrogen-bond acceptors (Lipinski definition) is 2. The average molecular weight is 215 g/mol. The Morgan fingerprint density at radius 3 is 2.62 bits per heavy atom. The zero-order chi connectivity index (χ0) is 11.5. The van der Waals surface area contributed by atoms with Gasteiger partial charge in [-0.25, -0.2) is 4.79 Å². The van der Waals surface area contributed by atoms with Crippen LogP contribution in [0.5, 0.6) is 0 Å². The lowest BCUT2D eigenvalue weighted by Crippen LogP contribution is -2.11. The van der Waals surface area contributed by atoms with Crippen molar-refractivity contribution in [2.75, 3.05) is 0 Å². The summed E-state index contributed by atoms with van der Waals surface area (Å²) in [6.07, 6.45) is 3.97. The molecule has 0 bridgehead atoms. The van der Waals surface area contributed by atoms with E-state index < -0.39 is 5.97 Å². The van der Waals surface area contributed by atoms with Crippen molar-refractivity contribution >= 4 is 17.6 Å². The van der Waals surface area contributed by atoms with Gasteiger partial charge in [0.05, 0.1) is 0 Å². The molecule has 0 saturated heterocycles. The third-order valence-corrected chi connectivity index (χ3v) is 2.21. The number of carbonyl (C=O) groups is 2. The maximum Gasteiger partial charge on any atom is 0.328 e. The van der Waals surface area contributed by atoms with Gasteiger partial charge in [-0.2, -0.15) is 0 Å². The highest BCUT2D eigenvalue weighted by Gasteiger charge is 2.21. The van der Waals surface area contributed by atoms with E-state index in [0.29, 0.717) is 11.3 Å². The minimum Gasteiger partial charge on any atom is -0.478 e. The first-order valence-corrected chi connectivity index (χ1v) is 4.70. The van der Waals surface area contributed by atoms with Crippen molar-refractivity contribution in [3.05, 3.63) is 53.6 Å². The third kappa shape index (κ3) is 1.86. The van der Waals surface area contributed by atoms with E-state index in [9.17, 15) is 9.59 Å². The van der Waals surface area contributed by atoms with Crippen LogP contribution in [-0.2, 0) is 4.79 Å². The summed E-state index contributed by atoms with van der Waals surface area (Å²) in [6, 6.07) is 7.16. The number of fused-ring (bicyclic) bond motifs is 1. The van der Waals surface area contributed by atoms with Crippen LogP contribution in [0.4, 0.5) is 0 Å². The van der Waals surface area contributed by atoms with Crippen molar-refractivity contribution in [3.8, 4) is 0 Å². The predicted octanol–water partition coefficient (Wildman–Crippen LogP) is 1.41. The first-order valence-electron chi connectivity index (χ1n) is 4.70. The zero-order valence-corrected chi connectivity index (χ0v) is 8.31. The molecule has 0 aliphatic carbocycles. The van der Waals surface area contributed by atoms with Gasteiger partial charge >= 0.3 is 5.97 Å². The zero-order valence-electron chi connectivity index (χ0n) is 8.31. The Labute approximate surface area is 91.9 Å². The molecule has 1 aliphatic rings. The second-order valence-electron chi connectivity index (χ2n) is 3.28. The highest BCUT2D eigenvalue weighted by atomic mass is 16.4. The van der Waals surface area contributed by atoms with Crippen LogP contribution < -0.4 is 5.32 Å². The number of carbonyl (C=O) groups excluding carboxylic acids is 1. The van der Waals surface area contributed by atoms with Crippen molar-refractivity contribution in [2.24, 2.45) is 0 Å². The number of hydrogen-bond donors (Lipinski definition) is 2. The highest BCUT2D eigenvalue weighted by molar-refractivity contribution is 6.09. The van der Waals surface area contributed by atoms with Crippen LogP contribution in [0.1, 0.15) is 15.9 Å². The molecule has 0 aromatic heterocycles. The van der Waals surface area contributed by atoms with E-state index in [1.54, 1.807) is 18.2 Å². The second kappa shape index (κ2) is 4.02. The Morgan fingerprint density at radius 2 is 1.94 bits per heavy atom. The number of carboxylic acid groups (broad SMARTS) is 1. The van der Waals surface area contributed by atoms with Crippen LogP contribution in [0.2, 0.25) is 0 Å². The maximum absolute atomic E-state index is 11.5. The molecule has 0 unspecified atom stereocenters. The fourth-order valence-corrected chi connectivity index (χ4v) is 1.53. The lowest BCUT2D eigenvalue weighted by Gasteiger charge is -1.96. The van der Waals surface area contributed by atoms with Gasteiger partial charge in [-0.1, -0.05) is 24.3 Å². The van der Waals surface area contributed by atoms with Crippen LogP contribution in [0.3, 0.4) is 0 Å². The Morgan fingerprint density at radius 1 is 1.25 bits per heavy atom. The average Bonchev–Trinajstić information content (AvgIpc) is 2.57. The Kier molecular flexibility index (Phi) is 2.55. The summed E-state index contributed by atoms with van der Waals surface area (Å²) in [5.41, 5.74) is 2.03. The number of benzene rings is 1. The van der Waals surface area contributed by atoms with Gasteiger partial charge in [0.15, 0.2) is 0 Å². The molecule has 0 atom stereocenters. The molecule has 0 saturated carbocycles. The van der Waals surface area contributed by atoms with Crippen molar-refractivity contribution in [3.63, 3.8) is 0 Å². The number of aliphatic carboxylic acids is 1. The molecule has 0 radical (unpaired) electrons. The predicted molar refractivity (Wildman–Crippen MR) is 58.7 cm³/mol. The molecule has 1 aliphatic heterocycles. The summed E-state index contributed by atoms with van der Waals surface area (Å²) in [5.74, 6) is -1.18. The number of allylic oxidation sites excluding steroid dienone is 2. The molecule has 1 heterocycles. The van der Waals surface area contributed by atoms with E-state index >= 15 is 0 Å². The number of nitrogens with one attached hydrogen (secondary N) is 1. The SMILES string of the molecule is O=C(O)C=CC=C1NC(=O)c2ccccc21. The Bertz CT molecular complexity index is 515. The van der Waals surface area contributed by atoms with E-state index in [-0.39, 0.29) is 5.91 Å². The van der Waals surface area contributed by atoms with Crippen molar-refractivity contribution in [1.82, 2.24) is 5.32 Å². The van der Waals surface area contributed by atoms with Crippen molar-refractivity contribution in [2.45, 2.75) is 0 Å². The molecule has 1 aromatic rings. The summed E-state index contributed by atoms with van der Waals surface area (Å²) in [6.45, 7) is 0. The maximum atomic E-state index is 11.5. The molecule has 0 spiro atoms. The summed E-state index contributed by atoms with van der Waals surface area (Å²) in [7, 11) is 0. The molecule has 80 valence electrons. The molecular weight excluding hydrogens is 206 g/mol. The molecule has 2 N–H and O–H groups in total.